The molecule has 1 fully saturated rings. The monoisotopic (exact) mass is 319 g/mol. The Morgan fingerprint density at radius 1 is 1.14 bits per heavy atom. The summed E-state index contributed by atoms with van der Waals surface area (Å²) in [6.45, 7) is 17.4. The van der Waals surface area contributed by atoms with Crippen LogP contribution in [0.4, 0.5) is 0 Å². The van der Waals surface area contributed by atoms with Crippen molar-refractivity contribution in [3.63, 3.8) is 0 Å². The van der Waals surface area contributed by atoms with Gasteiger partial charge in [-0.15, -0.1) is 0 Å². The molecule has 0 aliphatic heterocycles. The molecular weight excluding hydrogens is 285 g/mol. The van der Waals surface area contributed by atoms with E-state index in [1.807, 2.05) is 13.8 Å². The Morgan fingerprint density at radius 3 is 2.10 bits per heavy atom. The van der Waals surface area contributed by atoms with Crippen molar-refractivity contribution in [2.75, 3.05) is 0 Å². The van der Waals surface area contributed by atoms with Gasteiger partial charge in [-0.2, -0.15) is 0 Å². The van der Waals surface area contributed by atoms with Gasteiger partial charge in [0.25, 0.3) is 0 Å². The zero-order chi connectivity index (χ0) is 16.7. The van der Waals surface area contributed by atoms with Crippen LogP contribution in [0.25, 0.3) is 0 Å². The van der Waals surface area contributed by atoms with Gasteiger partial charge in [0, 0.05) is 11.6 Å². The van der Waals surface area contributed by atoms with Gasteiger partial charge in [-0.1, -0.05) is 27.7 Å². The van der Waals surface area contributed by atoms with Crippen LogP contribution in [-0.4, -0.2) is 27.0 Å². The quantitative estimate of drug-likeness (QED) is 0.621. The first-order valence-electron chi connectivity index (χ1n) is 7.79. The van der Waals surface area contributed by atoms with Crippen molar-refractivity contribution in [1.82, 2.24) is 5.32 Å². The molecule has 0 spiro atoms. The molecule has 126 valence electrons. The Morgan fingerprint density at radius 2 is 1.67 bits per heavy atom. The summed E-state index contributed by atoms with van der Waals surface area (Å²) in [4.78, 5) is 18.1. The molecule has 0 amide bonds. The Hall–Kier alpha value is 0.270. The Kier molecular flexibility index (Phi) is 5.57. The third-order valence-electron chi connectivity index (χ3n) is 4.05. The van der Waals surface area contributed by atoms with E-state index < -0.39 is 14.2 Å². The molecule has 0 heterocycles. The van der Waals surface area contributed by atoms with Crippen molar-refractivity contribution in [3.8, 4) is 0 Å². The first-order chi connectivity index (χ1) is 9.14. The predicted molar refractivity (Wildman–Crippen MR) is 88.9 cm³/mol. The van der Waals surface area contributed by atoms with Crippen molar-refractivity contribution in [1.29, 1.82) is 0 Å². The summed E-state index contributed by atoms with van der Waals surface area (Å²) in [5, 5.41) is 3.78. The Bertz CT molecular complexity index is 363. The highest BCUT2D eigenvalue weighted by Crippen LogP contribution is 2.54. The highest BCUT2D eigenvalue weighted by Gasteiger charge is 2.54. The third kappa shape index (κ3) is 6.92. The predicted octanol–water partition coefficient (Wildman–Crippen LogP) is 3.97. The molecule has 0 aromatic rings. The van der Waals surface area contributed by atoms with E-state index in [0.29, 0.717) is 11.5 Å². The molecule has 0 aromatic carbocycles. The minimum Gasteiger partial charge on any atom is -0.328 e. The molecule has 5 heteroatoms. The number of rotatable bonds is 7. The summed E-state index contributed by atoms with van der Waals surface area (Å²) in [5.74, 6) is 0. The molecule has 1 saturated carbocycles. The second-order valence-corrected chi connectivity index (χ2v) is 10.1. The lowest BCUT2D eigenvalue weighted by Gasteiger charge is -2.35. The van der Waals surface area contributed by atoms with E-state index in [0.717, 1.165) is 19.3 Å². The normalized spacial score (nSPS) is 27.3. The van der Waals surface area contributed by atoms with E-state index >= 15 is 0 Å². The SMILES string of the molecule is CC(C)(C)CC(C)(C)NC1CC1(C)CC(C)(C)OP(O)O. The maximum Gasteiger partial charge on any atom is 0.327 e. The number of nitrogens with one attached hydrogen (secondary N) is 1. The summed E-state index contributed by atoms with van der Waals surface area (Å²) in [5.41, 5.74) is 0.0680. The lowest BCUT2D eigenvalue weighted by Crippen LogP contribution is -2.45. The van der Waals surface area contributed by atoms with Gasteiger partial charge in [0.2, 0.25) is 0 Å². The molecule has 21 heavy (non-hydrogen) atoms. The van der Waals surface area contributed by atoms with Crippen LogP contribution < -0.4 is 5.32 Å². The molecule has 0 aromatic heterocycles. The van der Waals surface area contributed by atoms with Gasteiger partial charge in [0.05, 0.1) is 5.60 Å². The van der Waals surface area contributed by atoms with Crippen molar-refractivity contribution < 1.29 is 14.3 Å². The van der Waals surface area contributed by atoms with Gasteiger partial charge in [-0.3, -0.25) is 0 Å². The number of hydrogen-bond acceptors (Lipinski definition) is 4. The van der Waals surface area contributed by atoms with Gasteiger partial charge in [-0.25, -0.2) is 0 Å². The van der Waals surface area contributed by atoms with Crippen LogP contribution in [0.2, 0.25) is 0 Å². The molecule has 0 saturated heterocycles. The highest BCUT2D eigenvalue weighted by atomic mass is 31.2. The summed E-state index contributed by atoms with van der Waals surface area (Å²) in [6.07, 6.45) is 3.05. The summed E-state index contributed by atoms with van der Waals surface area (Å²) < 4.78 is 5.26. The fraction of sp³-hybridized carbons (Fsp3) is 1.00. The molecule has 1 aliphatic rings. The Balaban J connectivity index is 2.55. The molecule has 1 aliphatic carbocycles. The van der Waals surface area contributed by atoms with E-state index in [2.05, 4.69) is 46.9 Å². The minimum atomic E-state index is -2.29. The first kappa shape index (κ1) is 19.3. The lowest BCUT2D eigenvalue weighted by molar-refractivity contribution is 0.0598. The fourth-order valence-electron chi connectivity index (χ4n) is 3.90. The van der Waals surface area contributed by atoms with Crippen molar-refractivity contribution in [2.24, 2.45) is 10.8 Å². The summed E-state index contributed by atoms with van der Waals surface area (Å²) in [6, 6.07) is 0.473. The van der Waals surface area contributed by atoms with Crippen LogP contribution >= 0.6 is 8.60 Å². The third-order valence-corrected chi connectivity index (χ3v) is 4.70. The molecule has 3 N–H and O–H groups in total. The van der Waals surface area contributed by atoms with Crippen LogP contribution in [0.3, 0.4) is 0 Å². The maximum absolute atomic E-state index is 9.07. The molecular formula is C16H34NO3P. The smallest absolute Gasteiger partial charge is 0.327 e. The van der Waals surface area contributed by atoms with Crippen molar-refractivity contribution >= 4 is 8.60 Å². The average Bonchev–Trinajstić information content (AvgIpc) is 2.63. The molecule has 2 atom stereocenters. The van der Waals surface area contributed by atoms with E-state index in [4.69, 9.17) is 14.3 Å². The molecule has 0 bridgehead atoms. The van der Waals surface area contributed by atoms with E-state index in [9.17, 15) is 0 Å². The summed E-state index contributed by atoms with van der Waals surface area (Å²) >= 11 is 0. The maximum atomic E-state index is 9.07. The molecule has 4 nitrogen and oxygen atoms in total. The van der Waals surface area contributed by atoms with Gasteiger partial charge in [-0.05, 0) is 57.8 Å². The van der Waals surface area contributed by atoms with Crippen molar-refractivity contribution in [2.45, 2.75) is 91.8 Å². The number of hydrogen-bond donors (Lipinski definition) is 3. The van der Waals surface area contributed by atoms with Crippen molar-refractivity contribution in [3.05, 3.63) is 0 Å². The van der Waals surface area contributed by atoms with E-state index in [1.54, 1.807) is 0 Å². The van der Waals surface area contributed by atoms with Crippen LogP contribution in [0, 0.1) is 10.8 Å². The molecule has 1 rings (SSSR count). The molecule has 2 unspecified atom stereocenters. The summed E-state index contributed by atoms with van der Waals surface area (Å²) in [7, 11) is -2.29. The van der Waals surface area contributed by atoms with Crippen LogP contribution in [-0.2, 0) is 4.52 Å². The van der Waals surface area contributed by atoms with E-state index in [1.165, 1.54) is 0 Å². The molecule has 0 radical (unpaired) electrons. The van der Waals surface area contributed by atoms with Gasteiger partial charge in [0.1, 0.15) is 0 Å². The van der Waals surface area contributed by atoms with Crippen LogP contribution in [0.1, 0.15) is 74.7 Å². The first-order valence-corrected chi connectivity index (χ1v) is 8.96. The van der Waals surface area contributed by atoms with Gasteiger partial charge in [0.15, 0.2) is 0 Å². The largest absolute Gasteiger partial charge is 0.328 e. The van der Waals surface area contributed by atoms with Crippen LogP contribution in [0.5, 0.6) is 0 Å². The second kappa shape index (κ2) is 6.05. The lowest BCUT2D eigenvalue weighted by atomic mass is 9.81. The van der Waals surface area contributed by atoms with Gasteiger partial charge < -0.3 is 19.6 Å². The standard InChI is InChI=1S/C16H34NO3P/c1-13(2,3)10-14(4,5)17-12-9-16(12,8)11-15(6,7)20-21(18)19/h12,17-19H,9-11H2,1-8H3. The van der Waals surface area contributed by atoms with Crippen LogP contribution in [0.15, 0.2) is 0 Å². The topological polar surface area (TPSA) is 61.7 Å². The fourth-order valence-corrected chi connectivity index (χ4v) is 4.41. The zero-order valence-corrected chi connectivity index (χ0v) is 15.8. The van der Waals surface area contributed by atoms with E-state index in [-0.39, 0.29) is 11.0 Å². The second-order valence-electron chi connectivity index (χ2n) is 9.46. The average molecular weight is 319 g/mol. The zero-order valence-electron chi connectivity index (χ0n) is 14.9. The minimum absolute atomic E-state index is 0.103. The van der Waals surface area contributed by atoms with Gasteiger partial charge >= 0.3 is 8.60 Å². The highest BCUT2D eigenvalue weighted by molar-refractivity contribution is 7.39. The Labute approximate surface area is 131 Å².